The van der Waals surface area contributed by atoms with Crippen molar-refractivity contribution < 1.29 is 0 Å². The van der Waals surface area contributed by atoms with Gasteiger partial charge in [-0.2, -0.15) is 0 Å². The summed E-state index contributed by atoms with van der Waals surface area (Å²) in [6.45, 7) is 4.19. The molecule has 0 saturated carbocycles. The van der Waals surface area contributed by atoms with E-state index in [-0.39, 0.29) is 6.04 Å². The number of benzene rings is 2. The summed E-state index contributed by atoms with van der Waals surface area (Å²) < 4.78 is 0. The van der Waals surface area contributed by atoms with Crippen LogP contribution >= 0.6 is 23.2 Å². The van der Waals surface area contributed by atoms with Gasteiger partial charge in [-0.3, -0.25) is 0 Å². The second-order valence-electron chi connectivity index (χ2n) is 4.40. The van der Waals surface area contributed by atoms with Crippen molar-refractivity contribution in [3.8, 4) is 0 Å². The molecule has 0 radical (unpaired) electrons. The molecule has 0 spiro atoms. The van der Waals surface area contributed by atoms with E-state index in [4.69, 9.17) is 23.2 Å². The van der Waals surface area contributed by atoms with Crippen molar-refractivity contribution in [3.63, 3.8) is 0 Å². The first-order valence-electron chi connectivity index (χ1n) is 5.84. The molecule has 2 rings (SSSR count). The molecule has 0 fully saturated rings. The topological polar surface area (TPSA) is 12.0 Å². The lowest BCUT2D eigenvalue weighted by molar-refractivity contribution is 0.883. The van der Waals surface area contributed by atoms with Gasteiger partial charge in [-0.1, -0.05) is 53.0 Å². The van der Waals surface area contributed by atoms with Gasteiger partial charge in [0.2, 0.25) is 0 Å². The first-order valence-corrected chi connectivity index (χ1v) is 6.60. The molecule has 1 nitrogen and oxygen atoms in total. The summed E-state index contributed by atoms with van der Waals surface area (Å²) in [4.78, 5) is 0. The number of nitrogens with one attached hydrogen (secondary N) is 1. The molecule has 0 aliphatic carbocycles. The van der Waals surface area contributed by atoms with Crippen molar-refractivity contribution in [1.29, 1.82) is 0 Å². The zero-order chi connectivity index (χ0) is 13.1. The Kier molecular flexibility index (Phi) is 4.15. The van der Waals surface area contributed by atoms with Crippen molar-refractivity contribution >= 4 is 28.9 Å². The van der Waals surface area contributed by atoms with Crippen LogP contribution in [0.5, 0.6) is 0 Å². The molecule has 94 valence electrons. The highest BCUT2D eigenvalue weighted by atomic mass is 35.5. The first kappa shape index (κ1) is 13.3. The number of hydrogen-bond donors (Lipinski definition) is 1. The molecule has 18 heavy (non-hydrogen) atoms. The number of rotatable bonds is 3. The molecule has 0 aromatic heterocycles. The Hall–Kier alpha value is -1.18. The fourth-order valence-electron chi connectivity index (χ4n) is 1.86. The van der Waals surface area contributed by atoms with Crippen molar-refractivity contribution in [1.82, 2.24) is 0 Å². The van der Waals surface area contributed by atoms with E-state index < -0.39 is 0 Å². The lowest BCUT2D eigenvalue weighted by Crippen LogP contribution is -2.07. The van der Waals surface area contributed by atoms with Crippen LogP contribution in [0, 0.1) is 6.92 Å². The molecule has 1 atom stereocenters. The molecule has 0 bridgehead atoms. The summed E-state index contributed by atoms with van der Waals surface area (Å²) >= 11 is 12.1. The number of hydrogen-bond acceptors (Lipinski definition) is 1. The predicted octanol–water partition coefficient (Wildman–Crippen LogP) is 5.47. The van der Waals surface area contributed by atoms with E-state index in [0.717, 1.165) is 5.69 Å². The zero-order valence-corrected chi connectivity index (χ0v) is 11.9. The van der Waals surface area contributed by atoms with Crippen LogP contribution < -0.4 is 5.32 Å². The van der Waals surface area contributed by atoms with Gasteiger partial charge in [-0.15, -0.1) is 0 Å². The van der Waals surface area contributed by atoms with Gasteiger partial charge >= 0.3 is 0 Å². The highest BCUT2D eigenvalue weighted by Crippen LogP contribution is 2.29. The van der Waals surface area contributed by atoms with Crippen LogP contribution in [0.1, 0.15) is 24.1 Å². The number of anilines is 1. The van der Waals surface area contributed by atoms with Crippen molar-refractivity contribution in [2.75, 3.05) is 5.32 Å². The fourth-order valence-corrected chi connectivity index (χ4v) is 2.21. The minimum absolute atomic E-state index is 0.181. The minimum Gasteiger partial charge on any atom is -0.377 e. The third-order valence-electron chi connectivity index (χ3n) is 2.84. The Morgan fingerprint density at radius 3 is 2.56 bits per heavy atom. The zero-order valence-electron chi connectivity index (χ0n) is 10.4. The summed E-state index contributed by atoms with van der Waals surface area (Å²) in [5.41, 5.74) is 3.34. The molecule has 2 aromatic rings. The fraction of sp³-hybridized carbons (Fsp3) is 0.200. The van der Waals surface area contributed by atoms with Crippen LogP contribution in [0.2, 0.25) is 10.0 Å². The molecule has 2 aromatic carbocycles. The normalized spacial score (nSPS) is 12.2. The lowest BCUT2D eigenvalue weighted by atomic mass is 10.1. The van der Waals surface area contributed by atoms with Gasteiger partial charge in [0.15, 0.2) is 0 Å². The van der Waals surface area contributed by atoms with Gasteiger partial charge in [0.25, 0.3) is 0 Å². The second-order valence-corrected chi connectivity index (χ2v) is 5.25. The van der Waals surface area contributed by atoms with Crippen LogP contribution in [0.4, 0.5) is 5.69 Å². The summed E-state index contributed by atoms with van der Waals surface area (Å²) in [6, 6.07) is 14.0. The molecular weight excluding hydrogens is 265 g/mol. The Labute approximate surface area is 118 Å². The maximum Gasteiger partial charge on any atom is 0.0638 e. The highest BCUT2D eigenvalue weighted by Gasteiger charge is 2.08. The number of aryl methyl sites for hydroxylation is 1. The van der Waals surface area contributed by atoms with Gasteiger partial charge in [0.1, 0.15) is 0 Å². The monoisotopic (exact) mass is 279 g/mol. The average Bonchev–Trinajstić information content (AvgIpc) is 2.34. The van der Waals surface area contributed by atoms with Crippen molar-refractivity contribution in [2.45, 2.75) is 19.9 Å². The van der Waals surface area contributed by atoms with Crippen molar-refractivity contribution in [2.24, 2.45) is 0 Å². The molecule has 0 aliphatic rings. The van der Waals surface area contributed by atoms with E-state index >= 15 is 0 Å². The van der Waals surface area contributed by atoms with Crippen LogP contribution in [0.25, 0.3) is 0 Å². The summed E-state index contributed by atoms with van der Waals surface area (Å²) in [5, 5.41) is 4.74. The van der Waals surface area contributed by atoms with Gasteiger partial charge in [-0.25, -0.2) is 0 Å². The Balaban J connectivity index is 2.21. The molecular formula is C15H15Cl2N. The quantitative estimate of drug-likeness (QED) is 0.785. The Bertz CT molecular complexity index is 552. The van der Waals surface area contributed by atoms with E-state index in [9.17, 15) is 0 Å². The van der Waals surface area contributed by atoms with E-state index in [0.29, 0.717) is 10.0 Å². The van der Waals surface area contributed by atoms with Crippen molar-refractivity contribution in [3.05, 3.63) is 63.6 Å². The molecule has 0 saturated heterocycles. The van der Waals surface area contributed by atoms with Crippen LogP contribution in [0.3, 0.4) is 0 Å². The first-order chi connectivity index (χ1) is 8.56. The third-order valence-corrected chi connectivity index (χ3v) is 3.41. The van der Waals surface area contributed by atoms with Gasteiger partial charge < -0.3 is 5.32 Å². The summed E-state index contributed by atoms with van der Waals surface area (Å²) in [5.74, 6) is 0. The molecule has 1 N–H and O–H groups in total. The largest absolute Gasteiger partial charge is 0.377 e. The molecule has 0 aliphatic heterocycles. The smallest absolute Gasteiger partial charge is 0.0638 e. The van der Waals surface area contributed by atoms with E-state index in [2.05, 4.69) is 43.4 Å². The van der Waals surface area contributed by atoms with Crippen LogP contribution in [0.15, 0.2) is 42.5 Å². The summed E-state index contributed by atoms with van der Waals surface area (Å²) in [7, 11) is 0. The van der Waals surface area contributed by atoms with E-state index in [1.165, 1.54) is 11.1 Å². The molecule has 3 heteroatoms. The van der Waals surface area contributed by atoms with Gasteiger partial charge in [0.05, 0.1) is 10.7 Å². The minimum atomic E-state index is 0.181. The highest BCUT2D eigenvalue weighted by molar-refractivity contribution is 6.35. The lowest BCUT2D eigenvalue weighted by Gasteiger charge is -2.17. The van der Waals surface area contributed by atoms with Gasteiger partial charge in [0, 0.05) is 11.1 Å². The standard InChI is InChI=1S/C15H15Cl2N/c1-10-4-3-5-12(8-10)11(2)18-15-9-13(16)6-7-14(15)17/h3-9,11,18H,1-2H3. The average molecular weight is 280 g/mol. The van der Waals surface area contributed by atoms with Crippen LogP contribution in [-0.2, 0) is 0 Å². The maximum atomic E-state index is 6.14. The molecule has 0 heterocycles. The van der Waals surface area contributed by atoms with Gasteiger partial charge in [-0.05, 0) is 37.6 Å². The second kappa shape index (κ2) is 5.64. The summed E-state index contributed by atoms with van der Waals surface area (Å²) in [6.07, 6.45) is 0. The van der Waals surface area contributed by atoms with E-state index in [1.54, 1.807) is 12.1 Å². The van der Waals surface area contributed by atoms with Crippen LogP contribution in [-0.4, -0.2) is 0 Å². The molecule has 1 unspecified atom stereocenters. The predicted molar refractivity (Wildman–Crippen MR) is 79.7 cm³/mol. The Morgan fingerprint density at radius 2 is 1.83 bits per heavy atom. The SMILES string of the molecule is Cc1cccc(C(C)Nc2cc(Cl)ccc2Cl)c1. The number of halogens is 2. The third kappa shape index (κ3) is 3.18. The molecule has 0 amide bonds. The Morgan fingerprint density at radius 1 is 1.06 bits per heavy atom. The maximum absolute atomic E-state index is 6.14. The van der Waals surface area contributed by atoms with E-state index in [1.807, 2.05) is 6.07 Å².